The van der Waals surface area contributed by atoms with Gasteiger partial charge in [0.15, 0.2) is 0 Å². The minimum absolute atomic E-state index is 0.750. The molecule has 2 bridgehead atoms. The Morgan fingerprint density at radius 2 is 1.32 bits per heavy atom. The van der Waals surface area contributed by atoms with Crippen molar-refractivity contribution in [3.8, 4) is 0 Å². The smallest absolute Gasteiger partial charge is 0.371 e. The summed E-state index contributed by atoms with van der Waals surface area (Å²) in [4.78, 5) is 7.17. The second-order valence-corrected chi connectivity index (χ2v) is 8.20. The lowest BCUT2D eigenvalue weighted by Gasteiger charge is -2.41. The van der Waals surface area contributed by atoms with Crippen molar-refractivity contribution in [3.05, 3.63) is 0 Å². The SMILES string of the molecule is CN1CCN(C[Si]23OCCN(CCO2)CCO3)CC1. The molecule has 7 heteroatoms. The highest BCUT2D eigenvalue weighted by atomic mass is 28.4. The molecule has 4 aliphatic rings. The summed E-state index contributed by atoms with van der Waals surface area (Å²) in [7, 11) is -0.279. The number of piperazine rings is 1. The Kier molecular flexibility index (Phi) is 4.53. The van der Waals surface area contributed by atoms with Crippen LogP contribution in [-0.4, -0.2) is 102 Å². The van der Waals surface area contributed by atoms with Crippen molar-refractivity contribution >= 4 is 8.80 Å². The molecule has 4 saturated heterocycles. The first-order chi connectivity index (χ1) is 9.26. The summed E-state index contributed by atoms with van der Waals surface area (Å²) < 4.78 is 18.2. The Labute approximate surface area is 116 Å². The number of hydrogen-bond donors (Lipinski definition) is 0. The molecular weight excluding hydrogens is 262 g/mol. The molecular formula is C12H25N3O3Si. The van der Waals surface area contributed by atoms with Crippen molar-refractivity contribution < 1.29 is 13.3 Å². The lowest BCUT2D eigenvalue weighted by Crippen LogP contribution is -2.62. The molecule has 0 aromatic rings. The average molecular weight is 287 g/mol. The van der Waals surface area contributed by atoms with Crippen LogP contribution in [0, 0.1) is 0 Å². The summed E-state index contributed by atoms with van der Waals surface area (Å²) in [6.07, 6.45) is 0.862. The van der Waals surface area contributed by atoms with E-state index in [-0.39, 0.29) is 0 Å². The molecule has 0 atom stereocenters. The van der Waals surface area contributed by atoms with Gasteiger partial charge in [-0.1, -0.05) is 0 Å². The first-order valence-electron chi connectivity index (χ1n) is 7.31. The van der Waals surface area contributed by atoms with Gasteiger partial charge in [-0.05, 0) is 7.05 Å². The highest BCUT2D eigenvalue weighted by Gasteiger charge is 2.45. The summed E-state index contributed by atoms with van der Waals surface area (Å²) in [6, 6.07) is 0. The van der Waals surface area contributed by atoms with Gasteiger partial charge in [-0.25, -0.2) is 0 Å². The van der Waals surface area contributed by atoms with E-state index in [1.54, 1.807) is 0 Å². The third-order valence-electron chi connectivity index (χ3n) is 4.20. The van der Waals surface area contributed by atoms with Gasteiger partial charge in [0.1, 0.15) is 0 Å². The van der Waals surface area contributed by atoms with E-state index >= 15 is 0 Å². The number of nitrogens with zero attached hydrogens (tertiary/aromatic N) is 3. The van der Waals surface area contributed by atoms with Crippen LogP contribution in [0.25, 0.3) is 0 Å². The van der Waals surface area contributed by atoms with Gasteiger partial charge >= 0.3 is 8.80 Å². The average Bonchev–Trinajstić information content (AvgIpc) is 2.33. The quantitative estimate of drug-likeness (QED) is 0.612. The molecule has 110 valence electrons. The predicted molar refractivity (Wildman–Crippen MR) is 74.0 cm³/mol. The molecule has 4 aliphatic heterocycles. The zero-order valence-electron chi connectivity index (χ0n) is 11.8. The topological polar surface area (TPSA) is 37.4 Å². The van der Waals surface area contributed by atoms with Crippen LogP contribution in [0.1, 0.15) is 0 Å². The van der Waals surface area contributed by atoms with Gasteiger partial charge < -0.3 is 18.2 Å². The monoisotopic (exact) mass is 287 g/mol. The molecule has 4 fully saturated rings. The van der Waals surface area contributed by atoms with Crippen LogP contribution >= 0.6 is 0 Å². The molecule has 0 amide bonds. The van der Waals surface area contributed by atoms with E-state index in [0.29, 0.717) is 0 Å². The summed E-state index contributed by atoms with van der Waals surface area (Å²) in [6.45, 7) is 9.73. The number of likely N-dealkylation sites (N-methyl/N-ethyl adjacent to an activating group) is 1. The van der Waals surface area contributed by atoms with E-state index in [4.69, 9.17) is 13.3 Å². The minimum Gasteiger partial charge on any atom is -0.371 e. The Morgan fingerprint density at radius 3 is 1.84 bits per heavy atom. The van der Waals surface area contributed by atoms with Gasteiger partial charge in [-0.15, -0.1) is 0 Å². The molecule has 0 radical (unpaired) electrons. The fourth-order valence-corrected chi connectivity index (χ4v) is 5.46. The molecule has 6 nitrogen and oxygen atoms in total. The fraction of sp³-hybridized carbons (Fsp3) is 1.00. The number of rotatable bonds is 2. The molecule has 0 unspecified atom stereocenters. The van der Waals surface area contributed by atoms with Crippen LogP contribution in [-0.2, 0) is 13.3 Å². The summed E-state index contributed by atoms with van der Waals surface area (Å²) >= 11 is 0. The van der Waals surface area contributed by atoms with Crippen molar-refractivity contribution in [3.63, 3.8) is 0 Å². The molecule has 0 N–H and O–H groups in total. The molecule has 0 aliphatic carbocycles. The maximum absolute atomic E-state index is 6.07. The van der Waals surface area contributed by atoms with Crippen LogP contribution in [0.5, 0.6) is 0 Å². The van der Waals surface area contributed by atoms with Gasteiger partial charge in [0, 0.05) is 45.8 Å². The first-order valence-corrected chi connectivity index (χ1v) is 9.24. The molecule has 0 aromatic carbocycles. The predicted octanol–water partition coefficient (Wildman–Crippen LogP) is -0.909. The highest BCUT2D eigenvalue weighted by molar-refractivity contribution is 6.61. The van der Waals surface area contributed by atoms with Crippen LogP contribution in [0.15, 0.2) is 0 Å². The van der Waals surface area contributed by atoms with Crippen LogP contribution in [0.4, 0.5) is 0 Å². The zero-order chi connectivity index (χ0) is 13.1. The number of fused-ring (bicyclic) bond motifs is 6. The Bertz CT molecular complexity index is 273. The van der Waals surface area contributed by atoms with Gasteiger partial charge in [0.2, 0.25) is 0 Å². The lowest BCUT2D eigenvalue weighted by atomic mass is 10.4. The van der Waals surface area contributed by atoms with Crippen molar-refractivity contribution in [2.75, 3.05) is 78.8 Å². The van der Waals surface area contributed by atoms with Crippen molar-refractivity contribution in [2.24, 2.45) is 0 Å². The number of hydrogen-bond acceptors (Lipinski definition) is 6. The third-order valence-corrected chi connectivity index (χ3v) is 6.97. The third kappa shape index (κ3) is 3.55. The van der Waals surface area contributed by atoms with Crippen molar-refractivity contribution in [1.29, 1.82) is 0 Å². The zero-order valence-corrected chi connectivity index (χ0v) is 12.8. The normalized spacial score (nSPS) is 38.7. The maximum atomic E-state index is 6.07. The summed E-state index contributed by atoms with van der Waals surface area (Å²) in [5.74, 6) is 0. The molecule has 19 heavy (non-hydrogen) atoms. The summed E-state index contributed by atoms with van der Waals surface area (Å²) in [5.41, 5.74) is 0. The maximum Gasteiger partial charge on any atom is 0.515 e. The van der Waals surface area contributed by atoms with E-state index in [9.17, 15) is 0 Å². The molecule has 0 spiro atoms. The minimum atomic E-state index is -2.46. The molecule has 4 heterocycles. The van der Waals surface area contributed by atoms with Gasteiger partial charge in [0.05, 0.1) is 26.0 Å². The van der Waals surface area contributed by atoms with Crippen LogP contribution in [0.2, 0.25) is 0 Å². The Balaban J connectivity index is 1.62. The van der Waals surface area contributed by atoms with Gasteiger partial charge in [-0.3, -0.25) is 9.80 Å². The second kappa shape index (κ2) is 6.17. The molecule has 4 rings (SSSR count). The summed E-state index contributed by atoms with van der Waals surface area (Å²) in [5, 5.41) is 0. The van der Waals surface area contributed by atoms with E-state index < -0.39 is 8.80 Å². The highest BCUT2D eigenvalue weighted by Crippen LogP contribution is 2.18. The van der Waals surface area contributed by atoms with Gasteiger partial charge in [0.25, 0.3) is 0 Å². The first kappa shape index (κ1) is 13.9. The van der Waals surface area contributed by atoms with Crippen LogP contribution < -0.4 is 0 Å². The van der Waals surface area contributed by atoms with Crippen molar-refractivity contribution in [2.45, 2.75) is 0 Å². The van der Waals surface area contributed by atoms with Gasteiger partial charge in [-0.2, -0.15) is 0 Å². The van der Waals surface area contributed by atoms with E-state index in [1.165, 1.54) is 0 Å². The largest absolute Gasteiger partial charge is 0.515 e. The van der Waals surface area contributed by atoms with E-state index in [0.717, 1.165) is 71.8 Å². The second-order valence-electron chi connectivity index (χ2n) is 5.65. The standard InChI is InChI=1S/C12H25N3O3Si/c1-13-2-4-15(5-3-13)12-19-16-9-6-14(7-10-17-19)8-11-18-19/h2-12H2,1H3. The van der Waals surface area contributed by atoms with E-state index in [1.807, 2.05) is 0 Å². The molecule has 0 aromatic heterocycles. The fourth-order valence-electron chi connectivity index (χ4n) is 2.87. The van der Waals surface area contributed by atoms with E-state index in [2.05, 4.69) is 21.7 Å². The molecule has 0 saturated carbocycles. The Morgan fingerprint density at radius 1 is 0.789 bits per heavy atom. The van der Waals surface area contributed by atoms with Crippen LogP contribution in [0.3, 0.4) is 0 Å². The lowest BCUT2D eigenvalue weighted by molar-refractivity contribution is -0.0179. The Hall–Kier alpha value is -0.0231. The van der Waals surface area contributed by atoms with Crippen molar-refractivity contribution in [1.82, 2.24) is 14.7 Å².